The van der Waals surface area contributed by atoms with Gasteiger partial charge in [0.05, 0.1) is 11.4 Å². The first-order valence-electron chi connectivity index (χ1n) is 5.62. The summed E-state index contributed by atoms with van der Waals surface area (Å²) >= 11 is 0. The number of para-hydroxylation sites is 1. The standard InChI is InChI=1S/C13H21FN2/c1-9(2)13(3,4)8-16-11-7-5-6-10(14)12(11)15/h5-7,9,16H,8,15H2,1-4H3. The number of nitrogens with two attached hydrogens (primary N) is 1. The minimum absolute atomic E-state index is 0.152. The lowest BCUT2D eigenvalue weighted by molar-refractivity contribution is 0.270. The Hall–Kier alpha value is -1.25. The quantitative estimate of drug-likeness (QED) is 0.768. The lowest BCUT2D eigenvalue weighted by atomic mass is 9.81. The van der Waals surface area contributed by atoms with Crippen LogP contribution in [-0.4, -0.2) is 6.54 Å². The molecular weight excluding hydrogens is 203 g/mol. The predicted octanol–water partition coefficient (Wildman–Crippen LogP) is 3.50. The summed E-state index contributed by atoms with van der Waals surface area (Å²) in [6, 6.07) is 4.83. The maximum absolute atomic E-state index is 13.2. The van der Waals surface area contributed by atoms with Crippen LogP contribution in [0.2, 0.25) is 0 Å². The fourth-order valence-electron chi connectivity index (χ4n) is 1.22. The average molecular weight is 224 g/mol. The number of hydrogen-bond donors (Lipinski definition) is 2. The van der Waals surface area contributed by atoms with Gasteiger partial charge in [0.1, 0.15) is 5.82 Å². The molecule has 1 aromatic rings. The normalized spacial score (nSPS) is 11.9. The van der Waals surface area contributed by atoms with Gasteiger partial charge in [0.25, 0.3) is 0 Å². The largest absolute Gasteiger partial charge is 0.395 e. The van der Waals surface area contributed by atoms with Gasteiger partial charge < -0.3 is 11.1 Å². The van der Waals surface area contributed by atoms with Gasteiger partial charge in [0, 0.05) is 6.54 Å². The molecule has 1 aromatic carbocycles. The molecule has 0 amide bonds. The van der Waals surface area contributed by atoms with Gasteiger partial charge in [-0.2, -0.15) is 0 Å². The molecule has 0 spiro atoms. The van der Waals surface area contributed by atoms with E-state index in [0.717, 1.165) is 6.54 Å². The Bertz CT molecular complexity index is 359. The molecule has 0 heterocycles. The second-order valence-electron chi connectivity index (χ2n) is 5.20. The smallest absolute Gasteiger partial charge is 0.148 e. The molecule has 0 fully saturated rings. The molecule has 0 bridgehead atoms. The molecule has 0 aromatic heterocycles. The molecular formula is C13H21FN2. The number of hydrogen-bond acceptors (Lipinski definition) is 2. The summed E-state index contributed by atoms with van der Waals surface area (Å²) in [5.41, 5.74) is 6.67. The van der Waals surface area contributed by atoms with E-state index in [2.05, 4.69) is 33.0 Å². The highest BCUT2D eigenvalue weighted by Gasteiger charge is 2.22. The Morgan fingerprint density at radius 1 is 1.38 bits per heavy atom. The Morgan fingerprint density at radius 3 is 2.56 bits per heavy atom. The minimum Gasteiger partial charge on any atom is -0.395 e. The van der Waals surface area contributed by atoms with Gasteiger partial charge in [-0.1, -0.05) is 33.8 Å². The van der Waals surface area contributed by atoms with Crippen molar-refractivity contribution in [3.63, 3.8) is 0 Å². The van der Waals surface area contributed by atoms with Crippen LogP contribution in [0, 0.1) is 17.2 Å². The van der Waals surface area contributed by atoms with Crippen LogP contribution in [0.15, 0.2) is 18.2 Å². The summed E-state index contributed by atoms with van der Waals surface area (Å²) in [6.07, 6.45) is 0. The zero-order valence-corrected chi connectivity index (χ0v) is 10.5. The van der Waals surface area contributed by atoms with Crippen molar-refractivity contribution in [2.24, 2.45) is 11.3 Å². The van der Waals surface area contributed by atoms with E-state index in [1.807, 2.05) is 0 Å². The third-order valence-corrected chi connectivity index (χ3v) is 3.35. The zero-order chi connectivity index (χ0) is 12.3. The van der Waals surface area contributed by atoms with E-state index in [0.29, 0.717) is 11.6 Å². The maximum Gasteiger partial charge on any atom is 0.148 e. The lowest BCUT2D eigenvalue weighted by Gasteiger charge is -2.30. The van der Waals surface area contributed by atoms with Crippen LogP contribution >= 0.6 is 0 Å². The summed E-state index contributed by atoms with van der Waals surface area (Å²) in [4.78, 5) is 0. The maximum atomic E-state index is 13.2. The Balaban J connectivity index is 2.72. The fourth-order valence-corrected chi connectivity index (χ4v) is 1.22. The topological polar surface area (TPSA) is 38.0 Å². The monoisotopic (exact) mass is 224 g/mol. The fraction of sp³-hybridized carbons (Fsp3) is 0.538. The van der Waals surface area contributed by atoms with E-state index in [9.17, 15) is 4.39 Å². The van der Waals surface area contributed by atoms with Crippen LogP contribution in [-0.2, 0) is 0 Å². The molecule has 1 rings (SSSR count). The number of benzene rings is 1. The van der Waals surface area contributed by atoms with Gasteiger partial charge in [0.2, 0.25) is 0 Å². The van der Waals surface area contributed by atoms with Crippen LogP contribution in [0.25, 0.3) is 0 Å². The van der Waals surface area contributed by atoms with Crippen LogP contribution in [0.3, 0.4) is 0 Å². The van der Waals surface area contributed by atoms with Crippen LogP contribution in [0.1, 0.15) is 27.7 Å². The number of anilines is 2. The third-order valence-electron chi connectivity index (χ3n) is 3.35. The van der Waals surface area contributed by atoms with E-state index in [-0.39, 0.29) is 16.9 Å². The van der Waals surface area contributed by atoms with E-state index in [1.54, 1.807) is 12.1 Å². The van der Waals surface area contributed by atoms with Crippen molar-refractivity contribution >= 4 is 11.4 Å². The van der Waals surface area contributed by atoms with Gasteiger partial charge in [-0.15, -0.1) is 0 Å². The van der Waals surface area contributed by atoms with E-state index >= 15 is 0 Å². The van der Waals surface area contributed by atoms with Crippen LogP contribution in [0.5, 0.6) is 0 Å². The number of halogens is 1. The van der Waals surface area contributed by atoms with E-state index in [1.165, 1.54) is 6.07 Å². The van der Waals surface area contributed by atoms with E-state index < -0.39 is 0 Å². The lowest BCUT2D eigenvalue weighted by Crippen LogP contribution is -2.28. The molecule has 2 nitrogen and oxygen atoms in total. The highest BCUT2D eigenvalue weighted by molar-refractivity contribution is 5.66. The van der Waals surface area contributed by atoms with Crippen LogP contribution < -0.4 is 11.1 Å². The second kappa shape index (κ2) is 4.73. The molecule has 0 radical (unpaired) electrons. The van der Waals surface area contributed by atoms with Crippen molar-refractivity contribution in [3.8, 4) is 0 Å². The average Bonchev–Trinajstić information content (AvgIpc) is 2.20. The SMILES string of the molecule is CC(C)C(C)(C)CNc1cccc(F)c1N. The Kier molecular flexibility index (Phi) is 3.79. The van der Waals surface area contributed by atoms with Crippen molar-refractivity contribution in [3.05, 3.63) is 24.0 Å². The molecule has 0 atom stereocenters. The van der Waals surface area contributed by atoms with Gasteiger partial charge in [-0.3, -0.25) is 0 Å². The molecule has 16 heavy (non-hydrogen) atoms. The molecule has 0 unspecified atom stereocenters. The Labute approximate surface area is 97.0 Å². The van der Waals surface area contributed by atoms with E-state index in [4.69, 9.17) is 5.73 Å². The summed E-state index contributed by atoms with van der Waals surface area (Å²) in [7, 11) is 0. The molecule has 0 aliphatic carbocycles. The summed E-state index contributed by atoms with van der Waals surface area (Å²) in [6.45, 7) is 9.49. The second-order valence-corrected chi connectivity index (χ2v) is 5.20. The third kappa shape index (κ3) is 2.87. The predicted molar refractivity (Wildman–Crippen MR) is 67.9 cm³/mol. The summed E-state index contributed by atoms with van der Waals surface area (Å²) < 4.78 is 13.2. The Morgan fingerprint density at radius 2 is 2.00 bits per heavy atom. The highest BCUT2D eigenvalue weighted by atomic mass is 19.1. The molecule has 0 aliphatic rings. The molecule has 3 N–H and O–H groups in total. The van der Waals surface area contributed by atoms with Crippen molar-refractivity contribution in [1.82, 2.24) is 0 Å². The van der Waals surface area contributed by atoms with Gasteiger partial charge in [0.15, 0.2) is 0 Å². The van der Waals surface area contributed by atoms with Crippen molar-refractivity contribution in [2.45, 2.75) is 27.7 Å². The molecule has 3 heteroatoms. The van der Waals surface area contributed by atoms with Crippen molar-refractivity contribution in [1.29, 1.82) is 0 Å². The zero-order valence-electron chi connectivity index (χ0n) is 10.5. The van der Waals surface area contributed by atoms with Crippen molar-refractivity contribution in [2.75, 3.05) is 17.6 Å². The molecule has 90 valence electrons. The van der Waals surface area contributed by atoms with Crippen molar-refractivity contribution < 1.29 is 4.39 Å². The summed E-state index contributed by atoms with van der Waals surface area (Å²) in [5.74, 6) is 0.183. The number of nitrogens with one attached hydrogen (secondary N) is 1. The first kappa shape index (κ1) is 12.8. The molecule has 0 saturated carbocycles. The molecule has 0 aliphatic heterocycles. The highest BCUT2D eigenvalue weighted by Crippen LogP contribution is 2.28. The number of rotatable bonds is 4. The van der Waals surface area contributed by atoms with Gasteiger partial charge in [-0.25, -0.2) is 4.39 Å². The van der Waals surface area contributed by atoms with Gasteiger partial charge in [-0.05, 0) is 23.5 Å². The van der Waals surface area contributed by atoms with Gasteiger partial charge >= 0.3 is 0 Å². The molecule has 0 saturated heterocycles. The minimum atomic E-state index is -0.368. The first-order chi connectivity index (χ1) is 7.34. The number of nitrogen functional groups attached to an aromatic ring is 1. The first-order valence-corrected chi connectivity index (χ1v) is 5.62. The summed E-state index contributed by atoms with van der Waals surface area (Å²) in [5, 5.41) is 3.21. The van der Waals surface area contributed by atoms with Crippen LogP contribution in [0.4, 0.5) is 15.8 Å².